The summed E-state index contributed by atoms with van der Waals surface area (Å²) in [5.74, 6) is 0.510. The molecule has 1 unspecified atom stereocenters. The number of hydrogen-bond acceptors (Lipinski definition) is 5. The van der Waals surface area contributed by atoms with Crippen molar-refractivity contribution in [1.29, 1.82) is 0 Å². The number of phenolic OH excluding ortho intramolecular Hbond substituents is 2. The third-order valence-electron chi connectivity index (χ3n) is 4.52. The molecule has 2 aromatic rings. The maximum absolute atomic E-state index is 12.5. The van der Waals surface area contributed by atoms with Gasteiger partial charge >= 0.3 is 5.97 Å². The lowest BCUT2D eigenvalue weighted by Gasteiger charge is -2.19. The summed E-state index contributed by atoms with van der Waals surface area (Å²) < 4.78 is 11.6. The number of ether oxygens (including phenoxy) is 2. The van der Waals surface area contributed by atoms with Crippen molar-refractivity contribution < 1.29 is 24.5 Å². The van der Waals surface area contributed by atoms with E-state index in [0.717, 1.165) is 12.0 Å². The van der Waals surface area contributed by atoms with Crippen molar-refractivity contribution in [3.8, 4) is 28.7 Å². The molecule has 5 nitrogen and oxygen atoms in total. The zero-order valence-electron chi connectivity index (χ0n) is 14.1. The van der Waals surface area contributed by atoms with Gasteiger partial charge in [-0.1, -0.05) is 13.8 Å². The van der Waals surface area contributed by atoms with E-state index in [-0.39, 0.29) is 34.5 Å². The molecule has 0 aromatic heterocycles. The normalized spacial score (nSPS) is 14.1. The molecule has 1 atom stereocenters. The zero-order valence-corrected chi connectivity index (χ0v) is 14.1. The van der Waals surface area contributed by atoms with Gasteiger partial charge in [-0.25, -0.2) is 4.79 Å². The van der Waals surface area contributed by atoms with Gasteiger partial charge in [0.15, 0.2) is 11.5 Å². The van der Waals surface area contributed by atoms with Crippen molar-refractivity contribution >= 4 is 5.97 Å². The van der Waals surface area contributed by atoms with Crippen LogP contribution in [0.25, 0.3) is 0 Å². The number of rotatable bonds is 2. The topological polar surface area (TPSA) is 76.0 Å². The van der Waals surface area contributed by atoms with Crippen LogP contribution in [0, 0.1) is 13.8 Å². The number of hydrogen-bond donors (Lipinski definition) is 2. The Morgan fingerprint density at radius 2 is 1.79 bits per heavy atom. The molecule has 0 amide bonds. The molecule has 1 aliphatic heterocycles. The molecule has 0 spiro atoms. The fourth-order valence-corrected chi connectivity index (χ4v) is 2.89. The van der Waals surface area contributed by atoms with Crippen LogP contribution in [-0.2, 0) is 0 Å². The number of fused-ring (bicyclic) bond motifs is 2. The van der Waals surface area contributed by atoms with E-state index in [1.54, 1.807) is 19.9 Å². The molecule has 2 aromatic carbocycles. The fourth-order valence-electron chi connectivity index (χ4n) is 2.89. The Morgan fingerprint density at radius 1 is 1.08 bits per heavy atom. The van der Waals surface area contributed by atoms with Crippen molar-refractivity contribution in [2.75, 3.05) is 0 Å². The number of aryl methyl sites for hydroxylation is 1. The van der Waals surface area contributed by atoms with Crippen molar-refractivity contribution in [1.82, 2.24) is 0 Å². The maximum atomic E-state index is 12.5. The van der Waals surface area contributed by atoms with Crippen molar-refractivity contribution in [2.24, 2.45) is 0 Å². The third-order valence-corrected chi connectivity index (χ3v) is 4.52. The molecule has 1 heterocycles. The predicted octanol–water partition coefficient (Wildman–Crippen LogP) is 4.55. The second kappa shape index (κ2) is 5.74. The van der Waals surface area contributed by atoms with Crippen LogP contribution in [0.1, 0.15) is 53.2 Å². The number of aromatic hydroxyl groups is 2. The summed E-state index contributed by atoms with van der Waals surface area (Å²) >= 11 is 0. The van der Waals surface area contributed by atoms with Gasteiger partial charge < -0.3 is 19.7 Å². The summed E-state index contributed by atoms with van der Waals surface area (Å²) in [6, 6.07) is 4.54. The summed E-state index contributed by atoms with van der Waals surface area (Å²) in [5.41, 5.74) is 2.05. The van der Waals surface area contributed by atoms with E-state index in [1.165, 1.54) is 12.1 Å². The number of phenols is 2. The largest absolute Gasteiger partial charge is 0.508 e. The van der Waals surface area contributed by atoms with E-state index in [0.29, 0.717) is 16.9 Å². The first-order valence-corrected chi connectivity index (χ1v) is 7.93. The highest BCUT2D eigenvalue weighted by Gasteiger charge is 2.30. The molecular formula is C19H20O5. The Balaban J connectivity index is 2.29. The number of esters is 1. The highest BCUT2D eigenvalue weighted by Crippen LogP contribution is 2.48. The van der Waals surface area contributed by atoms with Crippen molar-refractivity contribution in [3.05, 3.63) is 40.5 Å². The highest BCUT2D eigenvalue weighted by atomic mass is 16.6. The van der Waals surface area contributed by atoms with Gasteiger partial charge in [-0.05, 0) is 43.9 Å². The zero-order chi connectivity index (χ0) is 17.6. The van der Waals surface area contributed by atoms with E-state index in [2.05, 4.69) is 0 Å². The summed E-state index contributed by atoms with van der Waals surface area (Å²) in [6.07, 6.45) is 0.832. The molecule has 1 aliphatic rings. The first kappa shape index (κ1) is 16.2. The first-order chi connectivity index (χ1) is 11.3. The Labute approximate surface area is 140 Å². The Kier molecular flexibility index (Phi) is 3.87. The standard InChI is InChI=1S/C19H20O5/c1-5-9(2)13-8-14(21)11(4)17-18(13)23-15-7-12(20)6-10(3)16(15)19(22)24-17/h6-9,20-21H,5H2,1-4H3. The minimum absolute atomic E-state index is 0.0168. The van der Waals surface area contributed by atoms with E-state index in [1.807, 2.05) is 13.8 Å². The SMILES string of the molecule is CCC(C)c1cc(O)c(C)c2c1Oc1cc(O)cc(C)c1C(=O)O2. The summed E-state index contributed by atoms with van der Waals surface area (Å²) in [7, 11) is 0. The minimum Gasteiger partial charge on any atom is -0.508 e. The smallest absolute Gasteiger partial charge is 0.347 e. The van der Waals surface area contributed by atoms with Crippen LogP contribution in [0.2, 0.25) is 0 Å². The molecule has 5 heteroatoms. The van der Waals surface area contributed by atoms with Crippen LogP contribution >= 0.6 is 0 Å². The van der Waals surface area contributed by atoms with Gasteiger partial charge in [0, 0.05) is 17.2 Å². The Bertz CT molecular complexity index is 838. The second-order valence-electron chi connectivity index (χ2n) is 6.20. The molecular weight excluding hydrogens is 308 g/mol. The summed E-state index contributed by atoms with van der Waals surface area (Å²) in [4.78, 5) is 12.5. The summed E-state index contributed by atoms with van der Waals surface area (Å²) in [5, 5.41) is 20.1. The molecule has 126 valence electrons. The van der Waals surface area contributed by atoms with Crippen LogP contribution < -0.4 is 9.47 Å². The first-order valence-electron chi connectivity index (χ1n) is 7.93. The van der Waals surface area contributed by atoms with Gasteiger partial charge in [0.1, 0.15) is 22.8 Å². The summed E-state index contributed by atoms with van der Waals surface area (Å²) in [6.45, 7) is 7.42. The predicted molar refractivity (Wildman–Crippen MR) is 89.4 cm³/mol. The third kappa shape index (κ3) is 2.46. The quantitative estimate of drug-likeness (QED) is 0.624. The molecule has 24 heavy (non-hydrogen) atoms. The molecule has 2 N–H and O–H groups in total. The number of carbonyl (C=O) groups is 1. The number of carbonyl (C=O) groups excluding carboxylic acids is 1. The Hall–Kier alpha value is -2.69. The lowest BCUT2D eigenvalue weighted by molar-refractivity contribution is 0.0735. The fraction of sp³-hybridized carbons (Fsp3) is 0.316. The van der Waals surface area contributed by atoms with Crippen LogP contribution in [0.5, 0.6) is 28.7 Å². The molecule has 0 bridgehead atoms. The molecule has 0 saturated carbocycles. The molecule has 0 saturated heterocycles. The molecule has 0 fully saturated rings. The van der Waals surface area contributed by atoms with E-state index >= 15 is 0 Å². The van der Waals surface area contributed by atoms with Crippen LogP contribution in [0.15, 0.2) is 18.2 Å². The molecule has 0 aliphatic carbocycles. The average Bonchev–Trinajstić information content (AvgIpc) is 2.66. The average molecular weight is 328 g/mol. The maximum Gasteiger partial charge on any atom is 0.347 e. The van der Waals surface area contributed by atoms with Gasteiger partial charge in [-0.15, -0.1) is 0 Å². The lowest BCUT2D eigenvalue weighted by atomic mass is 9.95. The Morgan fingerprint density at radius 3 is 2.46 bits per heavy atom. The van der Waals surface area contributed by atoms with Crippen LogP contribution in [-0.4, -0.2) is 16.2 Å². The lowest BCUT2D eigenvalue weighted by Crippen LogP contribution is -2.10. The molecule has 0 radical (unpaired) electrons. The highest BCUT2D eigenvalue weighted by molar-refractivity contribution is 5.97. The van der Waals surface area contributed by atoms with Gasteiger partial charge in [0.2, 0.25) is 0 Å². The van der Waals surface area contributed by atoms with Crippen molar-refractivity contribution in [3.63, 3.8) is 0 Å². The second-order valence-corrected chi connectivity index (χ2v) is 6.20. The monoisotopic (exact) mass is 328 g/mol. The molecule has 3 rings (SSSR count). The van der Waals surface area contributed by atoms with Crippen LogP contribution in [0.4, 0.5) is 0 Å². The van der Waals surface area contributed by atoms with E-state index < -0.39 is 5.97 Å². The number of benzene rings is 2. The van der Waals surface area contributed by atoms with Gasteiger partial charge in [-0.2, -0.15) is 0 Å². The van der Waals surface area contributed by atoms with E-state index in [9.17, 15) is 15.0 Å². The minimum atomic E-state index is -0.565. The van der Waals surface area contributed by atoms with Crippen molar-refractivity contribution in [2.45, 2.75) is 40.0 Å². The van der Waals surface area contributed by atoms with Crippen LogP contribution in [0.3, 0.4) is 0 Å². The van der Waals surface area contributed by atoms with E-state index in [4.69, 9.17) is 9.47 Å². The van der Waals surface area contributed by atoms with Gasteiger partial charge in [0.05, 0.1) is 0 Å². The van der Waals surface area contributed by atoms with Gasteiger partial charge in [-0.3, -0.25) is 0 Å². The van der Waals surface area contributed by atoms with Gasteiger partial charge in [0.25, 0.3) is 0 Å².